The van der Waals surface area contributed by atoms with E-state index in [1.807, 2.05) is 12.5 Å². The molecular weight excluding hydrogens is 198 g/mol. The van der Waals surface area contributed by atoms with E-state index in [1.54, 1.807) is 0 Å². The van der Waals surface area contributed by atoms with E-state index in [2.05, 4.69) is 47.7 Å². The van der Waals surface area contributed by atoms with E-state index in [9.17, 15) is 0 Å². The zero-order valence-electron chi connectivity index (χ0n) is 9.72. The van der Waals surface area contributed by atoms with Gasteiger partial charge < -0.3 is 10.3 Å². The lowest BCUT2D eigenvalue weighted by atomic mass is 10.1. The Bertz CT molecular complexity index is 456. The summed E-state index contributed by atoms with van der Waals surface area (Å²) < 4.78 is 2.12. The standard InChI is InChI=1S/C13H17N3/c1-10-3-5-12(6-4-10)11(2)16-9-15-8-13(16)7-14/h3-6,8-9,11H,7,14H2,1-2H3. The number of imidazole rings is 1. The van der Waals surface area contributed by atoms with E-state index in [0.29, 0.717) is 6.54 Å². The highest BCUT2D eigenvalue weighted by Crippen LogP contribution is 2.19. The maximum Gasteiger partial charge on any atom is 0.0954 e. The summed E-state index contributed by atoms with van der Waals surface area (Å²) in [5.41, 5.74) is 9.29. The molecule has 3 nitrogen and oxygen atoms in total. The van der Waals surface area contributed by atoms with Gasteiger partial charge in [0.25, 0.3) is 0 Å². The summed E-state index contributed by atoms with van der Waals surface area (Å²) in [5, 5.41) is 0. The third-order valence-corrected chi connectivity index (χ3v) is 2.93. The largest absolute Gasteiger partial charge is 0.326 e. The Morgan fingerprint density at radius 3 is 2.62 bits per heavy atom. The minimum atomic E-state index is 0.279. The molecule has 0 saturated carbocycles. The fourth-order valence-corrected chi connectivity index (χ4v) is 1.84. The van der Waals surface area contributed by atoms with Crippen molar-refractivity contribution in [2.45, 2.75) is 26.4 Å². The molecule has 2 aromatic rings. The molecule has 0 aliphatic carbocycles. The molecular formula is C13H17N3. The molecule has 0 aliphatic heterocycles. The third-order valence-electron chi connectivity index (χ3n) is 2.93. The lowest BCUT2D eigenvalue weighted by molar-refractivity contribution is 0.609. The summed E-state index contributed by atoms with van der Waals surface area (Å²) in [6.45, 7) is 4.78. The Hall–Kier alpha value is -1.61. The molecule has 16 heavy (non-hydrogen) atoms. The van der Waals surface area contributed by atoms with Gasteiger partial charge in [-0.1, -0.05) is 29.8 Å². The summed E-state index contributed by atoms with van der Waals surface area (Å²) in [5.74, 6) is 0. The van der Waals surface area contributed by atoms with Crippen LogP contribution < -0.4 is 5.73 Å². The van der Waals surface area contributed by atoms with E-state index >= 15 is 0 Å². The first kappa shape index (κ1) is 10.9. The fraction of sp³-hybridized carbons (Fsp3) is 0.308. The predicted molar refractivity (Wildman–Crippen MR) is 65.1 cm³/mol. The van der Waals surface area contributed by atoms with Crippen molar-refractivity contribution in [3.05, 3.63) is 53.6 Å². The van der Waals surface area contributed by atoms with Crippen LogP contribution in [0.15, 0.2) is 36.8 Å². The molecule has 2 rings (SSSR count). The Morgan fingerprint density at radius 2 is 2.00 bits per heavy atom. The van der Waals surface area contributed by atoms with Crippen LogP contribution in [-0.4, -0.2) is 9.55 Å². The molecule has 1 aromatic heterocycles. The second kappa shape index (κ2) is 4.49. The molecule has 1 atom stereocenters. The van der Waals surface area contributed by atoms with Crippen molar-refractivity contribution in [1.29, 1.82) is 0 Å². The maximum absolute atomic E-state index is 5.67. The van der Waals surface area contributed by atoms with Crippen molar-refractivity contribution in [3.8, 4) is 0 Å². The second-order valence-corrected chi connectivity index (χ2v) is 4.08. The normalized spacial score (nSPS) is 12.7. The van der Waals surface area contributed by atoms with Crippen LogP contribution in [0.1, 0.15) is 29.8 Å². The van der Waals surface area contributed by atoms with E-state index in [0.717, 1.165) is 5.69 Å². The van der Waals surface area contributed by atoms with E-state index < -0.39 is 0 Å². The highest BCUT2D eigenvalue weighted by atomic mass is 15.1. The van der Waals surface area contributed by atoms with Gasteiger partial charge in [-0.3, -0.25) is 0 Å². The van der Waals surface area contributed by atoms with Crippen molar-refractivity contribution >= 4 is 0 Å². The Kier molecular flexibility index (Phi) is 3.06. The predicted octanol–water partition coefficient (Wildman–Crippen LogP) is 2.26. The van der Waals surface area contributed by atoms with Gasteiger partial charge in [-0.15, -0.1) is 0 Å². The van der Waals surface area contributed by atoms with Crippen molar-refractivity contribution in [3.63, 3.8) is 0 Å². The van der Waals surface area contributed by atoms with Crippen LogP contribution in [0.2, 0.25) is 0 Å². The van der Waals surface area contributed by atoms with Crippen molar-refractivity contribution in [2.75, 3.05) is 0 Å². The molecule has 0 bridgehead atoms. The monoisotopic (exact) mass is 215 g/mol. The number of nitrogens with two attached hydrogens (primary N) is 1. The highest BCUT2D eigenvalue weighted by Gasteiger charge is 2.10. The number of benzene rings is 1. The summed E-state index contributed by atoms with van der Waals surface area (Å²) in [7, 11) is 0. The summed E-state index contributed by atoms with van der Waals surface area (Å²) in [6.07, 6.45) is 3.66. The van der Waals surface area contributed by atoms with Crippen LogP contribution in [0.3, 0.4) is 0 Å². The average molecular weight is 215 g/mol. The van der Waals surface area contributed by atoms with Crippen LogP contribution in [0.25, 0.3) is 0 Å². The molecule has 0 radical (unpaired) electrons. The molecule has 0 saturated heterocycles. The number of nitrogens with zero attached hydrogens (tertiary/aromatic N) is 2. The molecule has 0 amide bonds. The van der Waals surface area contributed by atoms with Gasteiger partial charge in [-0.2, -0.15) is 0 Å². The highest BCUT2D eigenvalue weighted by molar-refractivity contribution is 5.25. The van der Waals surface area contributed by atoms with E-state index in [1.165, 1.54) is 11.1 Å². The number of aryl methyl sites for hydroxylation is 1. The van der Waals surface area contributed by atoms with E-state index in [-0.39, 0.29) is 6.04 Å². The molecule has 1 unspecified atom stereocenters. The van der Waals surface area contributed by atoms with Crippen LogP contribution in [0.5, 0.6) is 0 Å². The number of hydrogen-bond donors (Lipinski definition) is 1. The maximum atomic E-state index is 5.67. The van der Waals surface area contributed by atoms with Gasteiger partial charge in [0.2, 0.25) is 0 Å². The molecule has 1 heterocycles. The smallest absolute Gasteiger partial charge is 0.0954 e. The molecule has 84 valence electrons. The second-order valence-electron chi connectivity index (χ2n) is 4.08. The molecule has 0 spiro atoms. The van der Waals surface area contributed by atoms with E-state index in [4.69, 9.17) is 5.73 Å². The van der Waals surface area contributed by atoms with Gasteiger partial charge in [-0.25, -0.2) is 4.98 Å². The van der Waals surface area contributed by atoms with Crippen LogP contribution in [0.4, 0.5) is 0 Å². The first-order valence-corrected chi connectivity index (χ1v) is 5.49. The quantitative estimate of drug-likeness (QED) is 0.853. The number of hydrogen-bond acceptors (Lipinski definition) is 2. The summed E-state index contributed by atoms with van der Waals surface area (Å²) in [4.78, 5) is 4.14. The lowest BCUT2D eigenvalue weighted by Crippen LogP contribution is -2.11. The minimum absolute atomic E-state index is 0.279. The molecule has 0 aliphatic rings. The summed E-state index contributed by atoms with van der Waals surface area (Å²) in [6, 6.07) is 8.85. The topological polar surface area (TPSA) is 43.8 Å². The van der Waals surface area contributed by atoms with Gasteiger partial charge in [0.15, 0.2) is 0 Å². The van der Waals surface area contributed by atoms with Crippen molar-refractivity contribution in [1.82, 2.24) is 9.55 Å². The molecule has 2 N–H and O–H groups in total. The van der Waals surface area contributed by atoms with Crippen LogP contribution >= 0.6 is 0 Å². The van der Waals surface area contributed by atoms with Gasteiger partial charge in [-0.05, 0) is 19.4 Å². The van der Waals surface area contributed by atoms with Gasteiger partial charge in [0.05, 0.1) is 18.1 Å². The Labute approximate surface area is 95.9 Å². The lowest BCUT2D eigenvalue weighted by Gasteiger charge is -2.16. The zero-order chi connectivity index (χ0) is 11.5. The molecule has 3 heteroatoms. The number of rotatable bonds is 3. The SMILES string of the molecule is Cc1ccc(C(C)n2cncc2CN)cc1. The first-order chi connectivity index (χ1) is 7.72. The van der Waals surface area contributed by atoms with Crippen molar-refractivity contribution < 1.29 is 0 Å². The number of aromatic nitrogens is 2. The zero-order valence-corrected chi connectivity index (χ0v) is 9.72. The average Bonchev–Trinajstić information content (AvgIpc) is 2.77. The molecule has 0 fully saturated rings. The fourth-order valence-electron chi connectivity index (χ4n) is 1.84. The molecule has 1 aromatic carbocycles. The van der Waals surface area contributed by atoms with Crippen LogP contribution in [-0.2, 0) is 6.54 Å². The van der Waals surface area contributed by atoms with Gasteiger partial charge in [0.1, 0.15) is 0 Å². The Morgan fingerprint density at radius 1 is 1.31 bits per heavy atom. The Balaban J connectivity index is 2.31. The minimum Gasteiger partial charge on any atom is -0.326 e. The van der Waals surface area contributed by atoms with Gasteiger partial charge >= 0.3 is 0 Å². The first-order valence-electron chi connectivity index (χ1n) is 5.49. The van der Waals surface area contributed by atoms with Crippen molar-refractivity contribution in [2.24, 2.45) is 5.73 Å². The summed E-state index contributed by atoms with van der Waals surface area (Å²) >= 11 is 0. The van der Waals surface area contributed by atoms with Crippen LogP contribution in [0, 0.1) is 6.92 Å². The van der Waals surface area contributed by atoms with Gasteiger partial charge in [0, 0.05) is 12.7 Å². The third kappa shape index (κ3) is 1.99.